The molecule has 2 aromatic rings. The first-order valence-electron chi connectivity index (χ1n) is 6.51. The standard InChI is InChI=1S/C17H19FO2/c1-11-8-9-12(2)13(10-11)17(3,19)16-14(18)6-5-7-15(16)20-4/h5-10,19H,1-4H3. The van der Waals surface area contributed by atoms with E-state index in [0.717, 1.165) is 11.1 Å². The molecule has 2 aromatic carbocycles. The van der Waals surface area contributed by atoms with Crippen molar-refractivity contribution in [1.29, 1.82) is 0 Å². The summed E-state index contributed by atoms with van der Waals surface area (Å²) in [6.45, 7) is 5.43. The van der Waals surface area contributed by atoms with E-state index in [-0.39, 0.29) is 5.56 Å². The van der Waals surface area contributed by atoms with Gasteiger partial charge in [-0.2, -0.15) is 0 Å². The van der Waals surface area contributed by atoms with Crippen molar-refractivity contribution < 1.29 is 14.2 Å². The van der Waals surface area contributed by atoms with Crippen molar-refractivity contribution in [2.24, 2.45) is 0 Å². The Kier molecular flexibility index (Phi) is 3.82. The normalized spacial score (nSPS) is 13.9. The lowest BCUT2D eigenvalue weighted by Gasteiger charge is -2.28. The first-order chi connectivity index (χ1) is 9.37. The predicted molar refractivity (Wildman–Crippen MR) is 77.5 cm³/mol. The molecule has 0 fully saturated rings. The molecule has 0 spiro atoms. The Morgan fingerprint density at radius 3 is 2.50 bits per heavy atom. The molecule has 1 atom stereocenters. The Morgan fingerprint density at radius 2 is 1.85 bits per heavy atom. The van der Waals surface area contributed by atoms with Gasteiger partial charge in [0.2, 0.25) is 0 Å². The van der Waals surface area contributed by atoms with Crippen molar-refractivity contribution in [3.63, 3.8) is 0 Å². The van der Waals surface area contributed by atoms with E-state index in [1.807, 2.05) is 32.0 Å². The molecule has 1 unspecified atom stereocenters. The fraction of sp³-hybridized carbons (Fsp3) is 0.294. The number of hydrogen-bond donors (Lipinski definition) is 1. The van der Waals surface area contributed by atoms with Crippen molar-refractivity contribution >= 4 is 0 Å². The van der Waals surface area contributed by atoms with E-state index >= 15 is 0 Å². The molecule has 3 heteroatoms. The van der Waals surface area contributed by atoms with Crippen LogP contribution in [0.25, 0.3) is 0 Å². The Balaban J connectivity index is 2.69. The third-order valence-corrected chi connectivity index (χ3v) is 3.60. The van der Waals surface area contributed by atoms with Gasteiger partial charge < -0.3 is 9.84 Å². The minimum atomic E-state index is -1.45. The molecular formula is C17H19FO2. The molecule has 106 valence electrons. The van der Waals surface area contributed by atoms with Crippen LogP contribution in [0.3, 0.4) is 0 Å². The molecule has 0 radical (unpaired) electrons. The van der Waals surface area contributed by atoms with Gasteiger partial charge >= 0.3 is 0 Å². The van der Waals surface area contributed by atoms with E-state index in [1.165, 1.54) is 13.2 Å². The summed E-state index contributed by atoms with van der Waals surface area (Å²) in [6, 6.07) is 10.3. The lowest BCUT2D eigenvalue weighted by Crippen LogP contribution is -2.26. The van der Waals surface area contributed by atoms with Gasteiger partial charge in [-0.1, -0.05) is 29.8 Å². The maximum absolute atomic E-state index is 14.2. The third-order valence-electron chi connectivity index (χ3n) is 3.60. The molecule has 1 N–H and O–H groups in total. The molecule has 0 aliphatic rings. The quantitative estimate of drug-likeness (QED) is 0.924. The van der Waals surface area contributed by atoms with Gasteiger partial charge in [-0.15, -0.1) is 0 Å². The van der Waals surface area contributed by atoms with Crippen molar-refractivity contribution in [2.75, 3.05) is 7.11 Å². The van der Waals surface area contributed by atoms with Gasteiger partial charge in [-0.25, -0.2) is 4.39 Å². The van der Waals surface area contributed by atoms with Gasteiger partial charge in [0.1, 0.15) is 17.2 Å². The summed E-state index contributed by atoms with van der Waals surface area (Å²) in [4.78, 5) is 0. The number of ether oxygens (including phenoxy) is 1. The second-order valence-corrected chi connectivity index (χ2v) is 5.21. The molecule has 0 amide bonds. The fourth-order valence-electron chi connectivity index (χ4n) is 2.54. The van der Waals surface area contributed by atoms with Crippen molar-refractivity contribution in [1.82, 2.24) is 0 Å². The Morgan fingerprint density at radius 1 is 1.15 bits per heavy atom. The molecule has 2 rings (SSSR count). The summed E-state index contributed by atoms with van der Waals surface area (Å²) in [7, 11) is 1.47. The van der Waals surface area contributed by atoms with E-state index in [0.29, 0.717) is 11.3 Å². The second-order valence-electron chi connectivity index (χ2n) is 5.21. The van der Waals surface area contributed by atoms with E-state index < -0.39 is 11.4 Å². The van der Waals surface area contributed by atoms with Crippen molar-refractivity contribution in [2.45, 2.75) is 26.4 Å². The molecule has 20 heavy (non-hydrogen) atoms. The lowest BCUT2D eigenvalue weighted by atomic mass is 9.84. The summed E-state index contributed by atoms with van der Waals surface area (Å²) < 4.78 is 19.4. The van der Waals surface area contributed by atoms with Gasteiger partial charge in [-0.05, 0) is 44.0 Å². The van der Waals surface area contributed by atoms with Crippen molar-refractivity contribution in [3.8, 4) is 5.75 Å². The highest BCUT2D eigenvalue weighted by Gasteiger charge is 2.33. The zero-order valence-corrected chi connectivity index (χ0v) is 12.2. The van der Waals surface area contributed by atoms with Gasteiger partial charge in [0, 0.05) is 0 Å². The first-order valence-corrected chi connectivity index (χ1v) is 6.51. The van der Waals surface area contributed by atoms with E-state index in [9.17, 15) is 9.50 Å². The molecule has 0 bridgehead atoms. The average molecular weight is 274 g/mol. The molecule has 0 aliphatic carbocycles. The Labute approximate surface area is 118 Å². The van der Waals surface area contributed by atoms with E-state index in [4.69, 9.17) is 4.74 Å². The number of aryl methyl sites for hydroxylation is 2. The number of aliphatic hydroxyl groups is 1. The Bertz CT molecular complexity index is 633. The van der Waals surface area contributed by atoms with Gasteiger partial charge in [0.15, 0.2) is 0 Å². The number of hydrogen-bond acceptors (Lipinski definition) is 2. The fourth-order valence-corrected chi connectivity index (χ4v) is 2.54. The van der Waals surface area contributed by atoms with Crippen LogP contribution < -0.4 is 4.74 Å². The van der Waals surface area contributed by atoms with Crippen LogP contribution in [0, 0.1) is 19.7 Å². The summed E-state index contributed by atoms with van der Waals surface area (Å²) in [5, 5.41) is 10.9. The molecule has 0 heterocycles. The first kappa shape index (κ1) is 14.5. The number of benzene rings is 2. The minimum absolute atomic E-state index is 0.163. The number of rotatable bonds is 3. The second kappa shape index (κ2) is 5.25. The maximum Gasteiger partial charge on any atom is 0.133 e. The zero-order chi connectivity index (χ0) is 14.9. The van der Waals surface area contributed by atoms with Crippen molar-refractivity contribution in [3.05, 3.63) is 64.5 Å². The smallest absolute Gasteiger partial charge is 0.133 e. The summed E-state index contributed by atoms with van der Waals surface area (Å²) >= 11 is 0. The summed E-state index contributed by atoms with van der Waals surface area (Å²) in [5.74, 6) is -0.133. The van der Waals surface area contributed by atoms with Crippen LogP contribution in [0.1, 0.15) is 29.2 Å². The largest absolute Gasteiger partial charge is 0.496 e. The maximum atomic E-state index is 14.2. The third kappa shape index (κ3) is 2.41. The van der Waals surface area contributed by atoms with Gasteiger partial charge in [-0.3, -0.25) is 0 Å². The number of methoxy groups -OCH3 is 1. The SMILES string of the molecule is COc1cccc(F)c1C(C)(O)c1cc(C)ccc1C. The average Bonchev–Trinajstić information content (AvgIpc) is 2.40. The summed E-state index contributed by atoms with van der Waals surface area (Å²) in [5.41, 5.74) is 1.32. The predicted octanol–water partition coefficient (Wildman–Crippen LogP) is 3.71. The molecular weight excluding hydrogens is 255 g/mol. The van der Waals surface area contributed by atoms with Crippen LogP contribution in [-0.4, -0.2) is 12.2 Å². The van der Waals surface area contributed by atoms with Gasteiger partial charge in [0.25, 0.3) is 0 Å². The molecule has 0 aliphatic heterocycles. The lowest BCUT2D eigenvalue weighted by molar-refractivity contribution is 0.0938. The topological polar surface area (TPSA) is 29.5 Å². The molecule has 0 saturated heterocycles. The van der Waals surface area contributed by atoms with Crippen LogP contribution in [0.5, 0.6) is 5.75 Å². The highest BCUT2D eigenvalue weighted by atomic mass is 19.1. The van der Waals surface area contributed by atoms with Crippen LogP contribution in [0.15, 0.2) is 36.4 Å². The molecule has 0 aromatic heterocycles. The van der Waals surface area contributed by atoms with Gasteiger partial charge in [0.05, 0.1) is 12.7 Å². The van der Waals surface area contributed by atoms with Crippen LogP contribution in [0.4, 0.5) is 4.39 Å². The van der Waals surface area contributed by atoms with E-state index in [1.54, 1.807) is 19.1 Å². The van der Waals surface area contributed by atoms with Crippen LogP contribution >= 0.6 is 0 Å². The molecule has 0 saturated carbocycles. The van der Waals surface area contributed by atoms with Crippen LogP contribution in [-0.2, 0) is 5.60 Å². The number of halogens is 1. The highest BCUT2D eigenvalue weighted by Crippen LogP contribution is 2.38. The molecule has 2 nitrogen and oxygen atoms in total. The summed E-state index contributed by atoms with van der Waals surface area (Å²) in [6.07, 6.45) is 0. The minimum Gasteiger partial charge on any atom is -0.496 e. The monoisotopic (exact) mass is 274 g/mol. The van der Waals surface area contributed by atoms with E-state index in [2.05, 4.69) is 0 Å². The van der Waals surface area contributed by atoms with Crippen LogP contribution in [0.2, 0.25) is 0 Å². The zero-order valence-electron chi connectivity index (χ0n) is 12.2. The highest BCUT2D eigenvalue weighted by molar-refractivity contribution is 5.48. The Hall–Kier alpha value is -1.87.